The van der Waals surface area contributed by atoms with Gasteiger partial charge in [0, 0.05) is 26.2 Å². The Bertz CT molecular complexity index is 288. The van der Waals surface area contributed by atoms with E-state index in [1.807, 2.05) is 7.05 Å². The van der Waals surface area contributed by atoms with Gasteiger partial charge in [-0.2, -0.15) is 0 Å². The molecule has 0 saturated carbocycles. The lowest BCUT2D eigenvalue weighted by atomic mass is 9.97. The fraction of sp³-hybridized carbons (Fsp3) is 0.833. The predicted octanol–water partition coefficient (Wildman–Crippen LogP) is 0.444. The number of hydrogen-bond donors (Lipinski definition) is 2. The van der Waals surface area contributed by atoms with E-state index < -0.39 is 5.97 Å². The summed E-state index contributed by atoms with van der Waals surface area (Å²) in [7, 11) is 2.00. The quantitative estimate of drug-likeness (QED) is 0.750. The largest absolute Gasteiger partial charge is 0.481 e. The van der Waals surface area contributed by atoms with Crippen molar-refractivity contribution in [2.24, 2.45) is 5.92 Å². The van der Waals surface area contributed by atoms with Crippen LogP contribution in [0.4, 0.5) is 4.79 Å². The number of rotatable bonds is 5. The maximum absolute atomic E-state index is 11.8. The molecule has 2 amide bonds. The molecular formula is C12H23N3O3. The van der Waals surface area contributed by atoms with Gasteiger partial charge in [0.05, 0.1) is 5.92 Å². The van der Waals surface area contributed by atoms with Crippen molar-refractivity contribution in [1.29, 1.82) is 0 Å². The molecule has 1 saturated heterocycles. The number of carboxylic acid groups (broad SMARTS) is 1. The second kappa shape index (κ2) is 7.20. The van der Waals surface area contributed by atoms with E-state index in [0.29, 0.717) is 32.5 Å². The van der Waals surface area contributed by atoms with Gasteiger partial charge in [0.2, 0.25) is 0 Å². The Balaban J connectivity index is 2.22. The van der Waals surface area contributed by atoms with Crippen LogP contribution in [0.15, 0.2) is 0 Å². The van der Waals surface area contributed by atoms with E-state index in [0.717, 1.165) is 13.1 Å². The molecule has 0 aromatic carbocycles. The van der Waals surface area contributed by atoms with Gasteiger partial charge in [-0.05, 0) is 26.4 Å². The predicted molar refractivity (Wildman–Crippen MR) is 68.5 cm³/mol. The number of amides is 2. The summed E-state index contributed by atoms with van der Waals surface area (Å²) in [6.07, 6.45) is 1.11. The number of nitrogens with one attached hydrogen (secondary N) is 1. The molecule has 0 spiro atoms. The summed E-state index contributed by atoms with van der Waals surface area (Å²) in [5.41, 5.74) is 0. The standard InChI is InChI=1S/C12H23N3O3/c1-3-14(2)9-6-13-12(18)15-7-4-10(5-8-15)11(16)17/h10H,3-9H2,1-2H3,(H,13,18)(H,16,17). The van der Waals surface area contributed by atoms with Crippen LogP contribution in [0.1, 0.15) is 19.8 Å². The van der Waals surface area contributed by atoms with Crippen molar-refractivity contribution in [1.82, 2.24) is 15.1 Å². The fourth-order valence-corrected chi connectivity index (χ4v) is 1.95. The van der Waals surface area contributed by atoms with Crippen LogP contribution in [0, 0.1) is 5.92 Å². The molecule has 1 aliphatic heterocycles. The third-order valence-electron chi connectivity index (χ3n) is 3.44. The first-order valence-corrected chi connectivity index (χ1v) is 6.48. The first-order chi connectivity index (χ1) is 8.54. The summed E-state index contributed by atoms with van der Waals surface area (Å²) >= 11 is 0. The topological polar surface area (TPSA) is 72.9 Å². The number of likely N-dealkylation sites (tertiary alicyclic amines) is 1. The van der Waals surface area contributed by atoms with Crippen molar-refractivity contribution in [2.45, 2.75) is 19.8 Å². The molecule has 104 valence electrons. The van der Waals surface area contributed by atoms with Crippen LogP contribution in [-0.4, -0.2) is 66.7 Å². The second-order valence-electron chi connectivity index (χ2n) is 4.73. The van der Waals surface area contributed by atoms with Crippen molar-refractivity contribution >= 4 is 12.0 Å². The molecule has 0 aliphatic carbocycles. The molecule has 0 atom stereocenters. The Morgan fingerprint density at radius 2 is 2.00 bits per heavy atom. The first kappa shape index (κ1) is 14.8. The summed E-state index contributed by atoms with van der Waals surface area (Å²) in [6.45, 7) is 5.55. The first-order valence-electron chi connectivity index (χ1n) is 6.48. The normalized spacial score (nSPS) is 16.9. The number of nitrogens with zero attached hydrogens (tertiary/aromatic N) is 2. The van der Waals surface area contributed by atoms with Crippen molar-refractivity contribution in [2.75, 3.05) is 39.8 Å². The van der Waals surface area contributed by atoms with Crippen LogP contribution in [-0.2, 0) is 4.79 Å². The van der Waals surface area contributed by atoms with Crippen molar-refractivity contribution in [3.05, 3.63) is 0 Å². The highest BCUT2D eigenvalue weighted by atomic mass is 16.4. The molecular weight excluding hydrogens is 234 g/mol. The van der Waals surface area contributed by atoms with Gasteiger partial charge >= 0.3 is 12.0 Å². The van der Waals surface area contributed by atoms with Crippen LogP contribution in [0.5, 0.6) is 0 Å². The Hall–Kier alpha value is -1.30. The van der Waals surface area contributed by atoms with Crippen molar-refractivity contribution in [3.63, 3.8) is 0 Å². The number of likely N-dealkylation sites (N-methyl/N-ethyl adjacent to an activating group) is 1. The number of hydrogen-bond acceptors (Lipinski definition) is 3. The average molecular weight is 257 g/mol. The SMILES string of the molecule is CCN(C)CCNC(=O)N1CCC(C(=O)O)CC1. The molecule has 0 radical (unpaired) electrons. The maximum Gasteiger partial charge on any atom is 0.317 e. The number of aliphatic carboxylic acids is 1. The Labute approximate surface area is 108 Å². The molecule has 1 heterocycles. The number of carboxylic acids is 1. The molecule has 6 heteroatoms. The molecule has 1 aliphatic rings. The van der Waals surface area contributed by atoms with E-state index in [2.05, 4.69) is 17.1 Å². The van der Waals surface area contributed by atoms with Gasteiger partial charge in [-0.25, -0.2) is 4.79 Å². The van der Waals surface area contributed by atoms with E-state index in [1.165, 1.54) is 0 Å². The lowest BCUT2D eigenvalue weighted by Crippen LogP contribution is -2.46. The van der Waals surface area contributed by atoms with Gasteiger partial charge in [0.1, 0.15) is 0 Å². The molecule has 0 bridgehead atoms. The molecule has 0 unspecified atom stereocenters. The zero-order chi connectivity index (χ0) is 13.5. The van der Waals surface area contributed by atoms with Gasteiger partial charge in [-0.1, -0.05) is 6.92 Å². The van der Waals surface area contributed by atoms with Crippen LogP contribution in [0.2, 0.25) is 0 Å². The number of urea groups is 1. The van der Waals surface area contributed by atoms with E-state index in [9.17, 15) is 9.59 Å². The number of piperidine rings is 1. The minimum absolute atomic E-state index is 0.0802. The van der Waals surface area contributed by atoms with Crippen molar-refractivity contribution in [3.8, 4) is 0 Å². The van der Waals surface area contributed by atoms with Gasteiger partial charge in [0.15, 0.2) is 0 Å². The summed E-state index contributed by atoms with van der Waals surface area (Å²) < 4.78 is 0. The molecule has 1 fully saturated rings. The lowest BCUT2D eigenvalue weighted by Gasteiger charge is -2.30. The third kappa shape index (κ3) is 4.52. The molecule has 2 N–H and O–H groups in total. The van der Waals surface area contributed by atoms with Crippen molar-refractivity contribution < 1.29 is 14.7 Å². The second-order valence-corrected chi connectivity index (χ2v) is 4.73. The van der Waals surface area contributed by atoms with Crippen LogP contribution < -0.4 is 5.32 Å². The fourth-order valence-electron chi connectivity index (χ4n) is 1.95. The minimum Gasteiger partial charge on any atom is -0.481 e. The summed E-state index contributed by atoms with van der Waals surface area (Å²) in [6, 6.07) is -0.0802. The number of carbonyl (C=O) groups excluding carboxylic acids is 1. The molecule has 0 aromatic rings. The van der Waals surface area contributed by atoms with E-state index >= 15 is 0 Å². The highest BCUT2D eigenvalue weighted by Gasteiger charge is 2.26. The van der Waals surface area contributed by atoms with Gasteiger partial charge in [0.25, 0.3) is 0 Å². The maximum atomic E-state index is 11.8. The molecule has 18 heavy (non-hydrogen) atoms. The smallest absolute Gasteiger partial charge is 0.317 e. The Morgan fingerprint density at radius 3 is 2.50 bits per heavy atom. The molecule has 0 aromatic heterocycles. The number of carbonyl (C=O) groups is 2. The van der Waals surface area contributed by atoms with Crippen LogP contribution in [0.3, 0.4) is 0 Å². The average Bonchev–Trinajstić information content (AvgIpc) is 2.38. The molecule has 6 nitrogen and oxygen atoms in total. The highest BCUT2D eigenvalue weighted by molar-refractivity contribution is 5.75. The van der Waals surface area contributed by atoms with E-state index in [1.54, 1.807) is 4.90 Å². The Kier molecular flexibility index (Phi) is 5.91. The lowest BCUT2D eigenvalue weighted by molar-refractivity contribution is -0.143. The van der Waals surface area contributed by atoms with Gasteiger partial charge < -0.3 is 20.2 Å². The summed E-state index contributed by atoms with van der Waals surface area (Å²) in [5.74, 6) is -1.04. The van der Waals surface area contributed by atoms with Crippen LogP contribution in [0.25, 0.3) is 0 Å². The zero-order valence-corrected chi connectivity index (χ0v) is 11.2. The van der Waals surface area contributed by atoms with Gasteiger partial charge in [-0.3, -0.25) is 4.79 Å². The minimum atomic E-state index is -0.750. The monoisotopic (exact) mass is 257 g/mol. The summed E-state index contributed by atoms with van der Waals surface area (Å²) in [5, 5.41) is 11.7. The highest BCUT2D eigenvalue weighted by Crippen LogP contribution is 2.16. The summed E-state index contributed by atoms with van der Waals surface area (Å²) in [4.78, 5) is 26.4. The van der Waals surface area contributed by atoms with Crippen LogP contribution >= 0.6 is 0 Å². The van der Waals surface area contributed by atoms with E-state index in [4.69, 9.17) is 5.11 Å². The van der Waals surface area contributed by atoms with E-state index in [-0.39, 0.29) is 11.9 Å². The van der Waals surface area contributed by atoms with Gasteiger partial charge in [-0.15, -0.1) is 0 Å². The zero-order valence-electron chi connectivity index (χ0n) is 11.2. The Morgan fingerprint density at radius 1 is 1.39 bits per heavy atom. The third-order valence-corrected chi connectivity index (χ3v) is 3.44. The molecule has 1 rings (SSSR count).